The first-order valence-corrected chi connectivity index (χ1v) is 13.0. The average Bonchev–Trinajstić information content (AvgIpc) is 2.83. The van der Waals surface area contributed by atoms with Crippen molar-refractivity contribution in [2.75, 3.05) is 11.1 Å². The van der Waals surface area contributed by atoms with E-state index in [0.717, 1.165) is 23.7 Å². The second-order valence-corrected chi connectivity index (χ2v) is 9.99. The number of nitrogens with two attached hydrogens (primary N) is 1. The number of carbonyl (C=O) groups is 1. The van der Waals surface area contributed by atoms with E-state index in [0.29, 0.717) is 27.4 Å². The largest absolute Gasteiger partial charge is 0.325 e. The van der Waals surface area contributed by atoms with Gasteiger partial charge in [0.15, 0.2) is 5.16 Å². The standard InChI is InChI=1S/C24H22N4O4S2/c1-2-16-10-12-18(13-11-16)28-23(30)20-8-3-4-9-21(20)27-24(28)33-15-22(29)26-17-6-5-7-19(14-17)34(25,31)32/h3-14H,2,15H2,1H3,(H,26,29)(H2,25,31,32). The van der Waals surface area contributed by atoms with Crippen LogP contribution in [0.3, 0.4) is 0 Å². The summed E-state index contributed by atoms with van der Waals surface area (Å²) >= 11 is 1.11. The summed E-state index contributed by atoms with van der Waals surface area (Å²) in [7, 11) is -3.89. The van der Waals surface area contributed by atoms with Crippen LogP contribution in [0.25, 0.3) is 16.6 Å². The first-order chi connectivity index (χ1) is 16.3. The Kier molecular flexibility index (Phi) is 6.82. The Morgan fingerprint density at radius 1 is 1.06 bits per heavy atom. The highest BCUT2D eigenvalue weighted by molar-refractivity contribution is 7.99. The zero-order valence-corrected chi connectivity index (χ0v) is 19.9. The van der Waals surface area contributed by atoms with Gasteiger partial charge in [-0.2, -0.15) is 0 Å². The van der Waals surface area contributed by atoms with E-state index in [1.54, 1.807) is 30.3 Å². The van der Waals surface area contributed by atoms with Gasteiger partial charge in [-0.15, -0.1) is 0 Å². The molecule has 0 saturated heterocycles. The van der Waals surface area contributed by atoms with Crippen molar-refractivity contribution in [3.63, 3.8) is 0 Å². The number of nitrogens with zero attached hydrogens (tertiary/aromatic N) is 2. The zero-order valence-electron chi connectivity index (χ0n) is 18.3. The van der Waals surface area contributed by atoms with Gasteiger partial charge in [0.2, 0.25) is 15.9 Å². The normalized spacial score (nSPS) is 11.5. The van der Waals surface area contributed by atoms with E-state index in [4.69, 9.17) is 5.14 Å². The second-order valence-electron chi connectivity index (χ2n) is 7.48. The van der Waals surface area contributed by atoms with Crippen LogP contribution in [-0.4, -0.2) is 29.6 Å². The molecular weight excluding hydrogens is 472 g/mol. The third-order valence-corrected chi connectivity index (χ3v) is 6.98. The summed E-state index contributed by atoms with van der Waals surface area (Å²) in [6.45, 7) is 2.05. The van der Waals surface area contributed by atoms with E-state index in [1.165, 1.54) is 22.8 Å². The predicted molar refractivity (Wildman–Crippen MR) is 134 cm³/mol. The Bertz CT molecular complexity index is 1530. The average molecular weight is 495 g/mol. The van der Waals surface area contributed by atoms with Gasteiger partial charge in [0.05, 0.1) is 27.2 Å². The maximum atomic E-state index is 13.3. The van der Waals surface area contributed by atoms with E-state index in [-0.39, 0.29) is 22.1 Å². The third-order valence-electron chi connectivity index (χ3n) is 5.13. The number of sulfonamides is 1. The summed E-state index contributed by atoms with van der Waals surface area (Å²) in [4.78, 5) is 30.4. The van der Waals surface area contributed by atoms with Gasteiger partial charge in [-0.25, -0.2) is 18.5 Å². The van der Waals surface area contributed by atoms with E-state index in [2.05, 4.69) is 17.2 Å². The monoisotopic (exact) mass is 494 g/mol. The summed E-state index contributed by atoms with van der Waals surface area (Å²) in [5.41, 5.74) is 2.41. The molecule has 1 amide bonds. The minimum atomic E-state index is -3.89. The number of benzene rings is 3. The van der Waals surface area contributed by atoms with Crippen molar-refractivity contribution in [3.8, 4) is 5.69 Å². The summed E-state index contributed by atoms with van der Waals surface area (Å²) in [5.74, 6) is -0.427. The maximum absolute atomic E-state index is 13.3. The Hall–Kier alpha value is -3.47. The second kappa shape index (κ2) is 9.80. The van der Waals surface area contributed by atoms with Crippen LogP contribution in [0, 0.1) is 0 Å². The highest BCUT2D eigenvalue weighted by Gasteiger charge is 2.15. The molecule has 10 heteroatoms. The van der Waals surface area contributed by atoms with Crippen LogP contribution in [0.1, 0.15) is 12.5 Å². The molecule has 0 aliphatic heterocycles. The predicted octanol–water partition coefficient (Wildman–Crippen LogP) is 3.33. The number of anilines is 1. The fourth-order valence-electron chi connectivity index (χ4n) is 3.40. The molecule has 0 bridgehead atoms. The van der Waals surface area contributed by atoms with Crippen LogP contribution in [0.15, 0.2) is 87.6 Å². The number of hydrogen-bond acceptors (Lipinski definition) is 6. The smallest absolute Gasteiger partial charge is 0.266 e. The van der Waals surface area contributed by atoms with Crippen molar-refractivity contribution < 1.29 is 13.2 Å². The summed E-state index contributed by atoms with van der Waals surface area (Å²) in [6.07, 6.45) is 0.875. The van der Waals surface area contributed by atoms with Crippen molar-refractivity contribution in [1.29, 1.82) is 0 Å². The van der Waals surface area contributed by atoms with Crippen LogP contribution in [0.5, 0.6) is 0 Å². The van der Waals surface area contributed by atoms with Gasteiger partial charge in [-0.05, 0) is 54.4 Å². The molecule has 1 aromatic heterocycles. The molecule has 0 unspecified atom stereocenters. The quantitative estimate of drug-likeness (QED) is 0.300. The van der Waals surface area contributed by atoms with Crippen molar-refractivity contribution in [2.24, 2.45) is 5.14 Å². The molecular formula is C24H22N4O4S2. The third kappa shape index (κ3) is 5.19. The van der Waals surface area contributed by atoms with Crippen LogP contribution >= 0.6 is 11.8 Å². The SMILES string of the molecule is CCc1ccc(-n2c(SCC(=O)Nc3cccc(S(N)(=O)=O)c3)nc3ccccc3c2=O)cc1. The number of para-hydroxylation sites is 1. The van der Waals surface area contributed by atoms with Crippen LogP contribution < -0.4 is 16.0 Å². The Labute approximate surface area is 200 Å². The molecule has 34 heavy (non-hydrogen) atoms. The Morgan fingerprint density at radius 2 is 1.79 bits per heavy atom. The lowest BCUT2D eigenvalue weighted by Crippen LogP contribution is -2.23. The molecule has 1 heterocycles. The molecule has 0 saturated carbocycles. The lowest BCUT2D eigenvalue weighted by Gasteiger charge is -2.14. The van der Waals surface area contributed by atoms with Gasteiger partial charge in [0.1, 0.15) is 0 Å². The Morgan fingerprint density at radius 3 is 2.50 bits per heavy atom. The molecule has 0 aliphatic carbocycles. The van der Waals surface area contributed by atoms with E-state index in [9.17, 15) is 18.0 Å². The number of nitrogens with one attached hydrogen (secondary N) is 1. The van der Waals surface area contributed by atoms with Gasteiger partial charge < -0.3 is 5.32 Å². The molecule has 0 aliphatic rings. The number of carbonyl (C=O) groups excluding carboxylic acids is 1. The fraction of sp³-hybridized carbons (Fsp3) is 0.125. The van der Waals surface area contributed by atoms with Crippen molar-refractivity contribution in [1.82, 2.24) is 9.55 Å². The van der Waals surface area contributed by atoms with Crippen LogP contribution in [0.4, 0.5) is 5.69 Å². The Balaban J connectivity index is 1.63. The first-order valence-electron chi connectivity index (χ1n) is 10.4. The summed E-state index contributed by atoms with van der Waals surface area (Å²) < 4.78 is 24.6. The zero-order chi connectivity index (χ0) is 24.3. The number of aryl methyl sites for hydroxylation is 1. The maximum Gasteiger partial charge on any atom is 0.266 e. The van der Waals surface area contributed by atoms with Crippen molar-refractivity contribution >= 4 is 44.3 Å². The van der Waals surface area contributed by atoms with Crippen LogP contribution in [-0.2, 0) is 21.2 Å². The number of hydrogen-bond donors (Lipinski definition) is 2. The van der Waals surface area contributed by atoms with Crippen LogP contribution in [0.2, 0.25) is 0 Å². The highest BCUT2D eigenvalue weighted by atomic mass is 32.2. The van der Waals surface area contributed by atoms with E-state index < -0.39 is 10.0 Å². The molecule has 0 atom stereocenters. The number of rotatable bonds is 7. The van der Waals surface area contributed by atoms with Gasteiger partial charge in [-0.1, -0.05) is 49.0 Å². The van der Waals surface area contributed by atoms with Gasteiger partial charge in [0, 0.05) is 5.69 Å². The first kappa shape index (κ1) is 23.7. The summed E-state index contributed by atoms with van der Waals surface area (Å²) in [5, 5.41) is 8.67. The number of fused-ring (bicyclic) bond motifs is 1. The topological polar surface area (TPSA) is 124 Å². The minimum Gasteiger partial charge on any atom is -0.325 e. The minimum absolute atomic E-state index is 0.0442. The molecule has 174 valence electrons. The molecule has 0 fully saturated rings. The lowest BCUT2D eigenvalue weighted by molar-refractivity contribution is -0.113. The molecule has 0 spiro atoms. The lowest BCUT2D eigenvalue weighted by atomic mass is 10.1. The molecule has 3 N–H and O–H groups in total. The molecule has 0 radical (unpaired) electrons. The summed E-state index contributed by atoms with van der Waals surface area (Å²) in [6, 6.07) is 20.4. The van der Waals surface area contributed by atoms with E-state index >= 15 is 0 Å². The molecule has 3 aromatic carbocycles. The van der Waals surface area contributed by atoms with Crippen molar-refractivity contribution in [3.05, 3.63) is 88.7 Å². The van der Waals surface area contributed by atoms with Crippen molar-refractivity contribution in [2.45, 2.75) is 23.4 Å². The highest BCUT2D eigenvalue weighted by Crippen LogP contribution is 2.22. The molecule has 4 rings (SSSR count). The van der Waals surface area contributed by atoms with Gasteiger partial charge >= 0.3 is 0 Å². The van der Waals surface area contributed by atoms with Gasteiger partial charge in [-0.3, -0.25) is 14.2 Å². The van der Waals surface area contributed by atoms with Gasteiger partial charge in [0.25, 0.3) is 5.56 Å². The molecule has 4 aromatic rings. The number of amides is 1. The molecule has 8 nitrogen and oxygen atoms in total. The number of primary sulfonamides is 1. The number of thioether (sulfide) groups is 1. The fourth-order valence-corrected chi connectivity index (χ4v) is 4.77. The number of aromatic nitrogens is 2. The van der Waals surface area contributed by atoms with E-state index in [1.807, 2.05) is 24.3 Å².